The van der Waals surface area contributed by atoms with Crippen LogP contribution in [0.1, 0.15) is 5.69 Å². The summed E-state index contributed by atoms with van der Waals surface area (Å²) in [5, 5.41) is 0. The van der Waals surface area contributed by atoms with Crippen LogP contribution in [0.5, 0.6) is 0 Å². The van der Waals surface area contributed by atoms with Crippen LogP contribution < -0.4 is 0 Å². The van der Waals surface area contributed by atoms with Gasteiger partial charge in [-0.15, -0.1) is 0 Å². The predicted octanol–water partition coefficient (Wildman–Crippen LogP) is 2.49. The van der Waals surface area contributed by atoms with Gasteiger partial charge >= 0.3 is 6.18 Å². The highest BCUT2D eigenvalue weighted by Gasteiger charge is 2.33. The van der Waals surface area contributed by atoms with E-state index in [1.165, 1.54) is 12.4 Å². The van der Waals surface area contributed by atoms with Gasteiger partial charge in [-0.1, -0.05) is 0 Å². The summed E-state index contributed by atoms with van der Waals surface area (Å²) >= 11 is 0. The van der Waals surface area contributed by atoms with E-state index < -0.39 is 11.9 Å². The average Bonchev–Trinajstić information content (AvgIpc) is 2.67. The Labute approximate surface area is 83.0 Å². The summed E-state index contributed by atoms with van der Waals surface area (Å²) in [6.45, 7) is 0. The number of aromatic nitrogens is 3. The number of alkyl halides is 3. The molecule has 1 N–H and O–H groups in total. The predicted molar refractivity (Wildman–Crippen MR) is 46.8 cm³/mol. The second kappa shape index (κ2) is 3.38. The van der Waals surface area contributed by atoms with Crippen LogP contribution in [-0.2, 0) is 6.18 Å². The van der Waals surface area contributed by atoms with Crippen molar-refractivity contribution in [2.45, 2.75) is 6.18 Å². The van der Waals surface area contributed by atoms with Crippen molar-refractivity contribution in [2.75, 3.05) is 0 Å². The molecular weight excluding hydrogens is 207 g/mol. The molecule has 0 spiro atoms. The van der Waals surface area contributed by atoms with E-state index in [-0.39, 0.29) is 5.82 Å². The molecule has 2 heterocycles. The van der Waals surface area contributed by atoms with Gasteiger partial charge in [0.15, 0.2) is 5.69 Å². The van der Waals surface area contributed by atoms with E-state index in [1.54, 1.807) is 12.1 Å². The topological polar surface area (TPSA) is 41.6 Å². The molecule has 2 rings (SSSR count). The molecule has 0 aliphatic heterocycles. The highest BCUT2D eigenvalue weighted by atomic mass is 19.4. The molecule has 0 aliphatic carbocycles. The second-order valence-corrected chi connectivity index (χ2v) is 2.87. The Bertz CT molecular complexity index is 447. The van der Waals surface area contributed by atoms with Crippen molar-refractivity contribution in [3.8, 4) is 11.4 Å². The number of nitrogens with one attached hydrogen (secondary N) is 1. The van der Waals surface area contributed by atoms with Gasteiger partial charge in [0, 0.05) is 24.2 Å². The fourth-order valence-corrected chi connectivity index (χ4v) is 1.12. The lowest BCUT2D eigenvalue weighted by Gasteiger charge is -1.99. The number of hydrogen-bond donors (Lipinski definition) is 1. The second-order valence-electron chi connectivity index (χ2n) is 2.87. The van der Waals surface area contributed by atoms with Crippen molar-refractivity contribution in [3.05, 3.63) is 36.4 Å². The largest absolute Gasteiger partial charge is 0.434 e. The van der Waals surface area contributed by atoms with Crippen molar-refractivity contribution < 1.29 is 13.2 Å². The number of halogens is 3. The van der Waals surface area contributed by atoms with Crippen LogP contribution in [0.15, 0.2) is 30.7 Å². The highest BCUT2D eigenvalue weighted by Crippen LogP contribution is 2.29. The van der Waals surface area contributed by atoms with E-state index in [0.29, 0.717) is 5.56 Å². The summed E-state index contributed by atoms with van der Waals surface area (Å²) < 4.78 is 36.7. The molecule has 0 radical (unpaired) electrons. The lowest BCUT2D eigenvalue weighted by atomic mass is 10.2. The highest BCUT2D eigenvalue weighted by molar-refractivity contribution is 5.53. The minimum atomic E-state index is -4.41. The fraction of sp³-hybridized carbons (Fsp3) is 0.111. The molecule has 6 heteroatoms. The van der Waals surface area contributed by atoms with Crippen LogP contribution in [0.2, 0.25) is 0 Å². The van der Waals surface area contributed by atoms with Crippen LogP contribution in [-0.4, -0.2) is 15.0 Å². The summed E-state index contributed by atoms with van der Waals surface area (Å²) in [6, 6.07) is 3.16. The van der Waals surface area contributed by atoms with Crippen LogP contribution >= 0.6 is 0 Å². The molecular formula is C9H6F3N3. The Hall–Kier alpha value is -1.85. The Kier molecular flexibility index (Phi) is 2.18. The van der Waals surface area contributed by atoms with E-state index >= 15 is 0 Å². The van der Waals surface area contributed by atoms with Gasteiger partial charge in [-0.25, -0.2) is 4.98 Å². The van der Waals surface area contributed by atoms with E-state index in [9.17, 15) is 13.2 Å². The number of imidazole rings is 1. The Morgan fingerprint density at radius 3 is 2.33 bits per heavy atom. The third-order valence-electron chi connectivity index (χ3n) is 1.82. The monoisotopic (exact) mass is 213 g/mol. The maximum atomic E-state index is 12.2. The summed E-state index contributed by atoms with van der Waals surface area (Å²) in [7, 11) is 0. The number of rotatable bonds is 1. The summed E-state index contributed by atoms with van der Waals surface area (Å²) in [5.74, 6) is 0.185. The van der Waals surface area contributed by atoms with Gasteiger partial charge in [-0.3, -0.25) is 4.98 Å². The Morgan fingerprint density at radius 2 is 1.80 bits per heavy atom. The smallest absolute Gasteiger partial charge is 0.344 e. The van der Waals surface area contributed by atoms with Crippen LogP contribution in [0.4, 0.5) is 13.2 Å². The first-order valence-electron chi connectivity index (χ1n) is 4.10. The summed E-state index contributed by atoms with van der Waals surface area (Å²) in [5.41, 5.74) is -0.352. The standard InChI is InChI=1S/C9H6F3N3/c10-9(11,12)7-5-14-8(15-7)6-1-3-13-4-2-6/h1-5H,(H,14,15). The van der Waals surface area contributed by atoms with Gasteiger partial charge in [0.25, 0.3) is 0 Å². The molecule has 0 amide bonds. The van der Waals surface area contributed by atoms with E-state index in [1.807, 2.05) is 0 Å². The molecule has 78 valence electrons. The maximum Gasteiger partial charge on any atom is 0.434 e. The number of H-pyrrole nitrogens is 1. The first-order chi connectivity index (χ1) is 7.07. The first kappa shape index (κ1) is 9.70. The van der Waals surface area contributed by atoms with E-state index in [4.69, 9.17) is 0 Å². The van der Waals surface area contributed by atoms with Gasteiger partial charge in [-0.2, -0.15) is 13.2 Å². The van der Waals surface area contributed by atoms with E-state index in [2.05, 4.69) is 15.0 Å². The van der Waals surface area contributed by atoms with Crippen LogP contribution in [0.3, 0.4) is 0 Å². The molecule has 2 aromatic rings. The van der Waals surface area contributed by atoms with Crippen molar-refractivity contribution in [2.24, 2.45) is 0 Å². The van der Waals surface area contributed by atoms with Crippen molar-refractivity contribution in [3.63, 3.8) is 0 Å². The SMILES string of the molecule is FC(F)(F)c1c[nH]c(-c2ccncc2)n1. The molecule has 0 aromatic carbocycles. The minimum absolute atomic E-state index is 0.185. The molecule has 0 bridgehead atoms. The lowest BCUT2D eigenvalue weighted by molar-refractivity contribution is -0.140. The van der Waals surface area contributed by atoms with Gasteiger partial charge in [0.2, 0.25) is 0 Å². The molecule has 0 unspecified atom stereocenters. The number of pyridine rings is 1. The summed E-state index contributed by atoms with van der Waals surface area (Å²) in [4.78, 5) is 9.68. The number of aromatic amines is 1. The van der Waals surface area contributed by atoms with E-state index in [0.717, 1.165) is 6.20 Å². The zero-order chi connectivity index (χ0) is 10.9. The first-order valence-corrected chi connectivity index (χ1v) is 4.10. The number of hydrogen-bond acceptors (Lipinski definition) is 2. The zero-order valence-corrected chi connectivity index (χ0v) is 7.42. The molecule has 2 aromatic heterocycles. The Morgan fingerprint density at radius 1 is 1.13 bits per heavy atom. The van der Waals surface area contributed by atoms with Crippen molar-refractivity contribution in [1.29, 1.82) is 0 Å². The maximum absolute atomic E-state index is 12.2. The number of nitrogens with zero attached hydrogens (tertiary/aromatic N) is 2. The average molecular weight is 213 g/mol. The van der Waals surface area contributed by atoms with Gasteiger partial charge in [0.1, 0.15) is 5.82 Å². The molecule has 0 fully saturated rings. The normalized spacial score (nSPS) is 11.7. The van der Waals surface area contributed by atoms with Crippen LogP contribution in [0.25, 0.3) is 11.4 Å². The van der Waals surface area contributed by atoms with Crippen molar-refractivity contribution >= 4 is 0 Å². The van der Waals surface area contributed by atoms with Crippen LogP contribution in [0, 0.1) is 0 Å². The third kappa shape index (κ3) is 1.98. The molecule has 0 atom stereocenters. The van der Waals surface area contributed by atoms with Crippen molar-refractivity contribution in [1.82, 2.24) is 15.0 Å². The Balaban J connectivity index is 2.37. The quantitative estimate of drug-likeness (QED) is 0.790. The molecule has 0 saturated carbocycles. The third-order valence-corrected chi connectivity index (χ3v) is 1.82. The lowest BCUT2D eigenvalue weighted by Crippen LogP contribution is -2.04. The molecule has 0 aliphatic rings. The molecule has 15 heavy (non-hydrogen) atoms. The van der Waals surface area contributed by atoms with Gasteiger partial charge < -0.3 is 4.98 Å². The zero-order valence-electron chi connectivity index (χ0n) is 7.42. The van der Waals surface area contributed by atoms with Gasteiger partial charge in [-0.05, 0) is 12.1 Å². The fourth-order valence-electron chi connectivity index (χ4n) is 1.12. The van der Waals surface area contributed by atoms with Gasteiger partial charge in [0.05, 0.1) is 0 Å². The molecule has 3 nitrogen and oxygen atoms in total. The minimum Gasteiger partial charge on any atom is -0.344 e. The molecule has 0 saturated heterocycles. The summed E-state index contributed by atoms with van der Waals surface area (Å²) in [6.07, 6.45) is -0.590.